The molecule has 0 radical (unpaired) electrons. The molecule has 4 N–H and O–H groups in total. The van der Waals surface area contributed by atoms with Crippen LogP contribution in [0.3, 0.4) is 0 Å². The Bertz CT molecular complexity index is 1310. The lowest BCUT2D eigenvalue weighted by Gasteiger charge is -2.25. The largest absolute Gasteiger partial charge is 0.507 e. The molecule has 9 nitrogen and oxygen atoms in total. The first-order valence-corrected chi connectivity index (χ1v) is 12.0. The van der Waals surface area contributed by atoms with Crippen molar-refractivity contribution in [3.8, 4) is 17.0 Å². The smallest absolute Gasteiger partial charge is 0.281 e. The highest BCUT2D eigenvalue weighted by molar-refractivity contribution is 7.90. The summed E-state index contributed by atoms with van der Waals surface area (Å²) in [6, 6.07) is 14.2. The first-order valence-electron chi connectivity index (χ1n) is 10.5. The van der Waals surface area contributed by atoms with E-state index in [0.717, 1.165) is 6.42 Å². The van der Waals surface area contributed by atoms with E-state index >= 15 is 0 Å². The van der Waals surface area contributed by atoms with Crippen LogP contribution in [0, 0.1) is 5.92 Å². The monoisotopic (exact) mass is 467 g/mol. The van der Waals surface area contributed by atoms with Crippen molar-refractivity contribution < 1.29 is 18.3 Å². The number of carbonyl (C=O) groups is 1. The number of hydrogen-bond acceptors (Lipinski definition) is 8. The molecule has 2 aromatic heterocycles. The van der Waals surface area contributed by atoms with Gasteiger partial charge in [0.1, 0.15) is 17.4 Å². The van der Waals surface area contributed by atoms with E-state index in [0.29, 0.717) is 29.5 Å². The van der Waals surface area contributed by atoms with E-state index in [-0.39, 0.29) is 28.2 Å². The Balaban J connectivity index is 1.75. The molecule has 0 spiro atoms. The molecule has 1 aliphatic heterocycles. The van der Waals surface area contributed by atoms with Crippen LogP contribution in [0.5, 0.6) is 5.75 Å². The molecule has 172 valence electrons. The molecule has 1 amide bonds. The minimum atomic E-state index is -4.24. The van der Waals surface area contributed by atoms with Crippen LogP contribution in [0.1, 0.15) is 30.6 Å². The third kappa shape index (κ3) is 4.61. The number of aromatic hydroxyl groups is 1. The number of sulfonamides is 1. The molecule has 1 aromatic carbocycles. The van der Waals surface area contributed by atoms with Crippen molar-refractivity contribution >= 4 is 27.6 Å². The number of phenols is 1. The quantitative estimate of drug-likeness (QED) is 0.521. The maximum atomic E-state index is 13.1. The summed E-state index contributed by atoms with van der Waals surface area (Å²) < 4.78 is 27.5. The Morgan fingerprint density at radius 1 is 1.09 bits per heavy atom. The Morgan fingerprint density at radius 2 is 1.85 bits per heavy atom. The zero-order chi connectivity index (χ0) is 23.8. The Kier molecular flexibility index (Phi) is 5.94. The van der Waals surface area contributed by atoms with Crippen LogP contribution >= 0.6 is 0 Å². The SMILES string of the molecule is CC1C[C@H](C)CN1c1nc(-c2ccccc2O)ccc1C(=O)NS(=O)(=O)c1cccc(N)n1. The first kappa shape index (κ1) is 22.5. The van der Waals surface area contributed by atoms with Gasteiger partial charge in [0.2, 0.25) is 0 Å². The highest BCUT2D eigenvalue weighted by Crippen LogP contribution is 2.34. The molecule has 1 saturated heterocycles. The van der Waals surface area contributed by atoms with E-state index in [9.17, 15) is 18.3 Å². The van der Waals surface area contributed by atoms with Gasteiger partial charge < -0.3 is 15.7 Å². The number of pyridine rings is 2. The molecule has 2 atom stereocenters. The summed E-state index contributed by atoms with van der Waals surface area (Å²) in [6.45, 7) is 4.81. The van der Waals surface area contributed by atoms with Crippen molar-refractivity contribution in [2.45, 2.75) is 31.3 Å². The summed E-state index contributed by atoms with van der Waals surface area (Å²) in [5, 5.41) is 9.92. The normalized spacial score (nSPS) is 18.3. The highest BCUT2D eigenvalue weighted by atomic mass is 32.2. The van der Waals surface area contributed by atoms with Crippen LogP contribution in [-0.2, 0) is 10.0 Å². The predicted octanol–water partition coefficient (Wildman–Crippen LogP) is 2.78. The molecule has 0 aliphatic carbocycles. The van der Waals surface area contributed by atoms with Gasteiger partial charge in [-0.15, -0.1) is 0 Å². The van der Waals surface area contributed by atoms with Crippen molar-refractivity contribution in [3.63, 3.8) is 0 Å². The summed E-state index contributed by atoms with van der Waals surface area (Å²) in [5.74, 6) is 0.00996. The molecule has 33 heavy (non-hydrogen) atoms. The van der Waals surface area contributed by atoms with Crippen molar-refractivity contribution in [1.29, 1.82) is 0 Å². The van der Waals surface area contributed by atoms with Gasteiger partial charge in [0, 0.05) is 18.2 Å². The fourth-order valence-corrected chi connectivity index (χ4v) is 5.03. The van der Waals surface area contributed by atoms with Gasteiger partial charge >= 0.3 is 0 Å². The molecule has 4 rings (SSSR count). The molecular weight excluding hydrogens is 442 g/mol. The minimum absolute atomic E-state index is 0.0274. The van der Waals surface area contributed by atoms with E-state index < -0.39 is 15.9 Å². The van der Waals surface area contributed by atoms with E-state index in [4.69, 9.17) is 5.73 Å². The van der Waals surface area contributed by atoms with Gasteiger partial charge in [-0.2, -0.15) is 8.42 Å². The molecule has 0 bridgehead atoms. The second-order valence-corrected chi connectivity index (χ2v) is 9.89. The number of nitrogens with one attached hydrogen (secondary N) is 1. The molecular formula is C23H25N5O4S. The van der Waals surface area contributed by atoms with Gasteiger partial charge in [0.15, 0.2) is 5.03 Å². The second-order valence-electron chi connectivity index (χ2n) is 8.26. The number of anilines is 2. The van der Waals surface area contributed by atoms with Crippen LogP contribution < -0.4 is 15.4 Å². The molecule has 3 heterocycles. The number of carbonyl (C=O) groups excluding carboxylic acids is 1. The summed E-state index contributed by atoms with van der Waals surface area (Å²) in [4.78, 5) is 23.6. The number of phenolic OH excluding ortho intramolecular Hbond substituents is 1. The number of nitrogens with two attached hydrogens (primary N) is 1. The maximum absolute atomic E-state index is 13.1. The zero-order valence-corrected chi connectivity index (χ0v) is 19.1. The lowest BCUT2D eigenvalue weighted by Crippen LogP contribution is -2.35. The van der Waals surface area contributed by atoms with Crippen LogP contribution in [0.2, 0.25) is 0 Å². The van der Waals surface area contributed by atoms with Gasteiger partial charge in [-0.1, -0.05) is 25.1 Å². The van der Waals surface area contributed by atoms with E-state index in [1.807, 2.05) is 11.8 Å². The third-order valence-corrected chi connectivity index (χ3v) is 6.84. The Hall–Kier alpha value is -3.66. The Labute approximate surface area is 192 Å². The third-order valence-electron chi connectivity index (χ3n) is 5.60. The summed E-state index contributed by atoms with van der Waals surface area (Å²) in [5.41, 5.74) is 6.70. The fraction of sp³-hybridized carbons (Fsp3) is 0.261. The number of amides is 1. The number of benzene rings is 1. The average molecular weight is 468 g/mol. The average Bonchev–Trinajstić information content (AvgIpc) is 3.11. The van der Waals surface area contributed by atoms with Crippen LogP contribution in [0.4, 0.5) is 11.6 Å². The highest BCUT2D eigenvalue weighted by Gasteiger charge is 2.32. The Morgan fingerprint density at radius 3 is 2.52 bits per heavy atom. The van der Waals surface area contributed by atoms with Gasteiger partial charge in [-0.3, -0.25) is 4.79 Å². The van der Waals surface area contributed by atoms with E-state index in [2.05, 4.69) is 21.6 Å². The van der Waals surface area contributed by atoms with Gasteiger partial charge in [0.25, 0.3) is 15.9 Å². The van der Waals surface area contributed by atoms with Crippen molar-refractivity contribution in [1.82, 2.24) is 14.7 Å². The molecule has 1 unspecified atom stereocenters. The number of rotatable bonds is 5. The predicted molar refractivity (Wildman–Crippen MR) is 125 cm³/mol. The lowest BCUT2D eigenvalue weighted by molar-refractivity contribution is 0.0981. The number of nitrogen functional groups attached to an aromatic ring is 1. The lowest BCUT2D eigenvalue weighted by atomic mass is 10.1. The van der Waals surface area contributed by atoms with Gasteiger partial charge in [-0.05, 0) is 55.7 Å². The molecule has 10 heteroatoms. The minimum Gasteiger partial charge on any atom is -0.507 e. The maximum Gasteiger partial charge on any atom is 0.281 e. The number of nitrogens with zero attached hydrogens (tertiary/aromatic N) is 3. The molecule has 1 fully saturated rings. The van der Waals surface area contributed by atoms with Crippen molar-refractivity contribution in [2.24, 2.45) is 5.92 Å². The summed E-state index contributed by atoms with van der Waals surface area (Å²) in [7, 11) is -4.24. The topological polar surface area (TPSA) is 139 Å². The van der Waals surface area contributed by atoms with Gasteiger partial charge in [0.05, 0.1) is 11.3 Å². The van der Waals surface area contributed by atoms with Crippen molar-refractivity contribution in [2.75, 3.05) is 17.2 Å². The second kappa shape index (κ2) is 8.70. The fourth-order valence-electron chi connectivity index (χ4n) is 4.09. The van der Waals surface area contributed by atoms with Crippen LogP contribution in [0.25, 0.3) is 11.3 Å². The molecule has 3 aromatic rings. The summed E-state index contributed by atoms with van der Waals surface area (Å²) >= 11 is 0. The van der Waals surface area contributed by atoms with E-state index in [1.54, 1.807) is 30.3 Å². The first-order chi connectivity index (χ1) is 15.7. The number of para-hydroxylation sites is 1. The van der Waals surface area contributed by atoms with Crippen LogP contribution in [-0.4, -0.2) is 42.0 Å². The van der Waals surface area contributed by atoms with Gasteiger partial charge in [-0.25, -0.2) is 14.7 Å². The van der Waals surface area contributed by atoms with E-state index in [1.165, 1.54) is 24.3 Å². The van der Waals surface area contributed by atoms with Crippen molar-refractivity contribution in [3.05, 3.63) is 60.2 Å². The van der Waals surface area contributed by atoms with Crippen LogP contribution in [0.15, 0.2) is 59.6 Å². The molecule has 0 saturated carbocycles. The molecule has 1 aliphatic rings. The number of hydrogen-bond donors (Lipinski definition) is 3. The summed E-state index contributed by atoms with van der Waals surface area (Å²) in [6.07, 6.45) is 0.912. The zero-order valence-electron chi connectivity index (χ0n) is 18.3. The number of aromatic nitrogens is 2. The standard InChI is InChI=1S/C23H25N5O4S/c1-14-12-15(2)28(13-14)22-17(10-11-18(25-22)16-6-3-4-7-19(16)29)23(30)27-33(31,32)21-9-5-8-20(24)26-21/h3-11,14-15,29H,12-13H2,1-2H3,(H2,24,26)(H,27,30)/t14-,15?/m0/s1.